The first-order valence-electron chi connectivity index (χ1n) is 52.2. The van der Waals surface area contributed by atoms with Crippen molar-refractivity contribution in [3.05, 3.63) is 46.6 Å². The lowest BCUT2D eigenvalue weighted by Crippen LogP contribution is -2.65. The highest BCUT2D eigenvalue weighted by molar-refractivity contribution is 5.22. The lowest BCUT2D eigenvalue weighted by atomic mass is 9.41. The van der Waals surface area contributed by atoms with Gasteiger partial charge in [0.05, 0.1) is 0 Å². The molecule has 17 rings (SSSR count). The van der Waals surface area contributed by atoms with Gasteiger partial charge in [-0.1, -0.05) is 218 Å². The fraction of sp³-hybridized carbons (Fsp3) is 0.926. The minimum atomic E-state index is 0.832. The van der Waals surface area contributed by atoms with Gasteiger partial charge in [0.2, 0.25) is 0 Å². The van der Waals surface area contributed by atoms with E-state index in [0.29, 0.717) is 0 Å². The summed E-state index contributed by atoms with van der Waals surface area (Å²) in [6.07, 6.45) is 99.9. The molecule has 0 amide bonds. The summed E-state index contributed by atoms with van der Waals surface area (Å²) >= 11 is 0. The van der Waals surface area contributed by atoms with Gasteiger partial charge < -0.3 is 0 Å². The summed E-state index contributed by atoms with van der Waals surface area (Å²) in [5, 5.41) is 0. The maximum Gasteiger partial charge on any atom is 0.0132 e. The smallest absolute Gasteiger partial charge is 0.0132 e. The van der Waals surface area contributed by atoms with Crippen LogP contribution < -0.4 is 0 Å². The number of nitrogens with zero attached hydrogens (tertiary/aromatic N) is 2. The first-order chi connectivity index (χ1) is 53.7. The summed E-state index contributed by atoms with van der Waals surface area (Å²) in [7, 11) is 0. The zero-order valence-electron chi connectivity index (χ0n) is 73.8. The van der Waals surface area contributed by atoms with Gasteiger partial charge in [-0.3, -0.25) is 9.80 Å². The molecule has 620 valence electrons. The summed E-state index contributed by atoms with van der Waals surface area (Å²) in [6, 6.07) is 5.05. The lowest BCUT2D eigenvalue weighted by Gasteiger charge is -2.67. The van der Waals surface area contributed by atoms with E-state index in [1.807, 2.05) is 22.3 Å². The second-order valence-corrected chi connectivity index (χ2v) is 46.8. The van der Waals surface area contributed by atoms with Crippen LogP contribution in [0.4, 0.5) is 0 Å². The third kappa shape index (κ3) is 18.7. The van der Waals surface area contributed by atoms with Gasteiger partial charge in [-0.05, 0) is 423 Å². The Labute approximate surface area is 681 Å². The van der Waals surface area contributed by atoms with Crippen molar-refractivity contribution in [2.45, 2.75) is 464 Å². The molecule has 2 heteroatoms. The standard InChI is InChI=1S/C108H178N2/c1-71-15-39-83(40-16-71)101(84-41-17-72(2)18-42-84)67-79-31-55-91(56-32-79)109(92-57-33-80(34-58-92)68-102(85-43-19-73(3)20-44-85)86-45-21-74(4)22-46-86)105-65-63-97-96-12-10-14-100-106(66-64-98(108(96)100)95-11-9-13-99(105)107(95)97)110(93-59-35-81(36-60-93)69-103(87-47-23-75(5)24-48-87)88-49-25-76(6)26-50-88)94-61-37-82(38-62-94)70-104(89-51-27-77(7)28-52-89)90-53-29-78(8)30-54-90/h67-100,105-108H,9-66H2,1-8H3. The number of hydrogen-bond donors (Lipinski definition) is 0. The van der Waals surface area contributed by atoms with Crippen LogP contribution in [0, 0.1) is 166 Å². The molecule has 0 saturated heterocycles. The zero-order valence-corrected chi connectivity index (χ0v) is 73.8. The predicted molar refractivity (Wildman–Crippen MR) is 470 cm³/mol. The molecule has 0 aromatic heterocycles. The molecule has 0 radical (unpaired) electrons. The van der Waals surface area contributed by atoms with Gasteiger partial charge in [-0.2, -0.15) is 0 Å². The minimum absolute atomic E-state index is 0.832. The van der Waals surface area contributed by atoms with Gasteiger partial charge in [0.25, 0.3) is 0 Å². The molecule has 17 aliphatic carbocycles. The van der Waals surface area contributed by atoms with Crippen LogP contribution >= 0.6 is 0 Å². The monoisotopic (exact) mass is 1500 g/mol. The Bertz CT molecular complexity index is 2460. The summed E-state index contributed by atoms with van der Waals surface area (Å²) in [6.45, 7) is 20.5. The molecule has 0 spiro atoms. The molecule has 10 unspecified atom stereocenters. The molecule has 17 saturated carbocycles. The Kier molecular flexibility index (Phi) is 27.8. The van der Waals surface area contributed by atoms with E-state index >= 15 is 0 Å². The average Bonchev–Trinajstić information content (AvgIpc) is 0.707. The molecule has 110 heavy (non-hydrogen) atoms. The number of hydrogen-bond acceptors (Lipinski definition) is 2. The van der Waals surface area contributed by atoms with Gasteiger partial charge in [-0.25, -0.2) is 0 Å². The van der Waals surface area contributed by atoms with Crippen LogP contribution in [0.15, 0.2) is 46.6 Å². The highest BCUT2D eigenvalue weighted by atomic mass is 15.2. The molecule has 0 aromatic carbocycles. The Morgan fingerprint density at radius 3 is 0.536 bits per heavy atom. The molecule has 2 nitrogen and oxygen atoms in total. The molecule has 0 N–H and O–H groups in total. The van der Waals surface area contributed by atoms with Gasteiger partial charge >= 0.3 is 0 Å². The van der Waals surface area contributed by atoms with Crippen molar-refractivity contribution in [2.24, 2.45) is 166 Å². The van der Waals surface area contributed by atoms with Gasteiger partial charge in [0.1, 0.15) is 0 Å². The molecule has 0 bridgehead atoms. The fourth-order valence-corrected chi connectivity index (χ4v) is 33.2. The zero-order chi connectivity index (χ0) is 74.9. The van der Waals surface area contributed by atoms with E-state index in [2.05, 4.69) is 89.5 Å². The van der Waals surface area contributed by atoms with Crippen molar-refractivity contribution in [2.75, 3.05) is 0 Å². The van der Waals surface area contributed by atoms with E-state index < -0.39 is 0 Å². The van der Waals surface area contributed by atoms with E-state index in [4.69, 9.17) is 0 Å². The second kappa shape index (κ2) is 37.7. The van der Waals surface area contributed by atoms with Gasteiger partial charge in [-0.15, -0.1) is 0 Å². The molecular formula is C108H178N2. The van der Waals surface area contributed by atoms with E-state index in [9.17, 15) is 0 Å². The largest absolute Gasteiger partial charge is 0.294 e. The van der Waals surface area contributed by atoms with Crippen molar-refractivity contribution in [3.63, 3.8) is 0 Å². The van der Waals surface area contributed by atoms with Crippen LogP contribution in [-0.2, 0) is 0 Å². The predicted octanol–water partition coefficient (Wildman–Crippen LogP) is 30.8. The molecular weight excluding hydrogens is 1330 g/mol. The topological polar surface area (TPSA) is 6.48 Å². The SMILES string of the molecule is CC1CCC(C(=CC2CCC(N(C3CCC(C=C(C4CCC(C)CC4)C4CCC(C)CC4)CC3)C3CCC4C5CCCC6C5C(CCC6N(C5CCC(C=C(C6CCC(C)CC6)C6CCC(C)CC6)CC5)C5CCC(C=C(C6CCC(C)CC6)C6CCC(C)CC6)CC5)C5CCCC3C54)CC2)C2CCC(C)CC2)CC1. The summed E-state index contributed by atoms with van der Waals surface area (Å²) in [4.78, 5) is 7.17. The quantitative estimate of drug-likeness (QED) is 0.126. The fourth-order valence-electron chi connectivity index (χ4n) is 33.2. The van der Waals surface area contributed by atoms with Crippen molar-refractivity contribution < 1.29 is 0 Å². The molecule has 10 atom stereocenters. The number of allylic oxidation sites excluding steroid dienone is 8. The van der Waals surface area contributed by atoms with Crippen LogP contribution in [0.2, 0.25) is 0 Å². The normalized spacial score (nSPS) is 47.7. The van der Waals surface area contributed by atoms with Crippen molar-refractivity contribution in [1.82, 2.24) is 9.80 Å². The molecule has 17 aliphatic rings. The van der Waals surface area contributed by atoms with Crippen LogP contribution in [0.5, 0.6) is 0 Å². The third-order valence-electron chi connectivity index (χ3n) is 39.8. The van der Waals surface area contributed by atoms with Crippen LogP contribution in [-0.4, -0.2) is 46.1 Å². The maximum absolute atomic E-state index is 3.59. The van der Waals surface area contributed by atoms with Crippen molar-refractivity contribution >= 4 is 0 Å². The second-order valence-electron chi connectivity index (χ2n) is 46.8. The highest BCUT2D eigenvalue weighted by Gasteiger charge is 2.62. The first kappa shape index (κ1) is 81.3. The first-order valence-corrected chi connectivity index (χ1v) is 52.2. The Morgan fingerprint density at radius 2 is 0.345 bits per heavy atom. The highest BCUT2D eigenvalue weighted by Crippen LogP contribution is 2.67. The molecule has 0 aliphatic heterocycles. The Hall–Kier alpha value is -1.12. The summed E-state index contributed by atoms with van der Waals surface area (Å²) in [5.74, 6) is 26.3. The van der Waals surface area contributed by atoms with Gasteiger partial charge in [0.15, 0.2) is 0 Å². The van der Waals surface area contributed by atoms with E-state index in [-0.39, 0.29) is 0 Å². The average molecular weight is 1500 g/mol. The van der Waals surface area contributed by atoms with Crippen LogP contribution in [0.3, 0.4) is 0 Å². The maximum atomic E-state index is 3.59. The van der Waals surface area contributed by atoms with Crippen LogP contribution in [0.1, 0.15) is 428 Å². The van der Waals surface area contributed by atoms with Crippen LogP contribution in [0.25, 0.3) is 0 Å². The molecule has 17 fully saturated rings. The summed E-state index contributed by atoms with van der Waals surface area (Å²) < 4.78 is 0. The third-order valence-corrected chi connectivity index (χ3v) is 39.8. The van der Waals surface area contributed by atoms with E-state index in [1.54, 1.807) is 64.2 Å². The van der Waals surface area contributed by atoms with E-state index in [1.165, 1.54) is 308 Å². The van der Waals surface area contributed by atoms with Crippen molar-refractivity contribution in [1.29, 1.82) is 0 Å². The van der Waals surface area contributed by atoms with Gasteiger partial charge in [0, 0.05) is 36.3 Å². The van der Waals surface area contributed by atoms with Crippen molar-refractivity contribution in [3.8, 4) is 0 Å². The Morgan fingerprint density at radius 1 is 0.173 bits per heavy atom. The summed E-state index contributed by atoms with van der Waals surface area (Å²) in [5.41, 5.74) is 8.09. The molecule has 0 heterocycles. The Balaban J connectivity index is 0.634. The minimum Gasteiger partial charge on any atom is -0.294 e. The van der Waals surface area contributed by atoms with E-state index in [0.717, 1.165) is 202 Å². The molecule has 0 aromatic rings. The lowest BCUT2D eigenvalue weighted by molar-refractivity contribution is -0.179. The number of rotatable bonds is 18. The number of fused-ring (bicyclic) bond motifs is 2.